The molecule has 8 heteroatoms. The zero-order chi connectivity index (χ0) is 41.9. The molecule has 2 atom stereocenters. The van der Waals surface area contributed by atoms with Gasteiger partial charge >= 0.3 is 11.9 Å². The molecule has 57 heavy (non-hydrogen) atoms. The molecule has 7 nitrogen and oxygen atoms in total. The number of hydrogen-bond acceptors (Lipinski definition) is 6. The molecular weight excluding hydrogens is 727 g/mol. The summed E-state index contributed by atoms with van der Waals surface area (Å²) in [7, 11) is 1.86. The molecule has 0 rings (SSSR count). The number of nitrogens with one attached hydrogen (secondary N) is 2. The fraction of sp³-hybridized carbons (Fsp3) is 0.939. The van der Waals surface area contributed by atoms with Crippen molar-refractivity contribution in [3.63, 3.8) is 0 Å². The normalized spacial score (nSPS) is 12.5. The van der Waals surface area contributed by atoms with Crippen LogP contribution in [0.25, 0.3) is 0 Å². The first-order valence-electron chi connectivity index (χ1n) is 25.0. The number of esters is 2. The van der Waals surface area contributed by atoms with Crippen molar-refractivity contribution >= 4 is 29.3 Å². The second-order valence-electron chi connectivity index (χ2n) is 17.1. The smallest absolute Gasteiger partial charge is 0.306 e. The largest absolute Gasteiger partial charge is 0.462 e. The van der Waals surface area contributed by atoms with E-state index in [-0.39, 0.29) is 24.1 Å². The number of ether oxygens (including phenoxy) is 2. The topological polar surface area (TPSA) is 79.9 Å². The minimum atomic E-state index is 0.00726. The third-order valence-corrected chi connectivity index (χ3v) is 11.8. The summed E-state index contributed by atoms with van der Waals surface area (Å²) in [4.78, 5) is 28.0. The first-order chi connectivity index (χ1) is 27.9. The van der Waals surface area contributed by atoms with Crippen LogP contribution in [-0.4, -0.2) is 67.4 Å². The summed E-state index contributed by atoms with van der Waals surface area (Å²) >= 11 is 5.26. The van der Waals surface area contributed by atoms with Crippen LogP contribution in [0, 0.1) is 0 Å². The number of unbranched alkanes of at least 4 members (excludes halogenated alkanes) is 22. The molecule has 0 aliphatic rings. The predicted octanol–water partition coefficient (Wildman–Crippen LogP) is 13.9. The molecule has 0 aliphatic carbocycles. The second-order valence-corrected chi connectivity index (χ2v) is 17.5. The maximum atomic E-state index is 12.8. The SMILES string of the molecule is CCCCCCCCC(CCC)OC(=O)CCCCCCCN(CCCCCCCC(=O)OC(CCCCCCC)CCCCCCCC)CCCNC(=S)NC. The Morgan fingerprint density at radius 1 is 0.456 bits per heavy atom. The highest BCUT2D eigenvalue weighted by Gasteiger charge is 2.15. The number of carbonyl (C=O) groups excluding carboxylic acids is 2. The number of carbonyl (C=O) groups is 2. The average Bonchev–Trinajstić information content (AvgIpc) is 3.20. The molecule has 0 aliphatic heterocycles. The van der Waals surface area contributed by atoms with Crippen molar-refractivity contribution < 1.29 is 19.1 Å². The van der Waals surface area contributed by atoms with E-state index in [4.69, 9.17) is 21.7 Å². The number of nitrogens with zero attached hydrogens (tertiary/aromatic N) is 1. The summed E-state index contributed by atoms with van der Waals surface area (Å²) in [5.41, 5.74) is 0. The molecule has 0 saturated carbocycles. The highest BCUT2D eigenvalue weighted by Crippen LogP contribution is 2.19. The molecule has 2 N–H and O–H groups in total. The van der Waals surface area contributed by atoms with Gasteiger partial charge in [0.1, 0.15) is 12.2 Å². The summed E-state index contributed by atoms with van der Waals surface area (Å²) in [6, 6.07) is 0. The molecule has 0 heterocycles. The first-order valence-corrected chi connectivity index (χ1v) is 25.4. The van der Waals surface area contributed by atoms with Crippen LogP contribution in [0.5, 0.6) is 0 Å². The summed E-state index contributed by atoms with van der Waals surface area (Å²) in [6.45, 7) is 13.2. The van der Waals surface area contributed by atoms with Crippen molar-refractivity contribution in [2.24, 2.45) is 0 Å². The lowest BCUT2D eigenvalue weighted by atomic mass is 10.0. The minimum Gasteiger partial charge on any atom is -0.462 e. The molecule has 0 aromatic heterocycles. The highest BCUT2D eigenvalue weighted by molar-refractivity contribution is 7.80. The Kier molecular flexibility index (Phi) is 43.1. The molecule has 0 aromatic carbocycles. The standard InChI is InChI=1S/C49H97N3O4S/c1-6-10-13-16-21-28-36-45(35-9-4)55-47(53)39-30-23-18-25-32-42-52(44-34-41-51-49(57)50-5)43-33-26-19-24-31-40-48(54)56-46(37-27-20-15-12-8-3)38-29-22-17-14-11-7-2/h45-46H,6-44H2,1-5H3,(H2,50,51,57). The van der Waals surface area contributed by atoms with E-state index in [1.807, 2.05) is 7.05 Å². The van der Waals surface area contributed by atoms with Crippen LogP contribution in [0.2, 0.25) is 0 Å². The summed E-state index contributed by atoms with van der Waals surface area (Å²) in [6.07, 6.45) is 40.5. The number of rotatable bonds is 44. The molecule has 0 radical (unpaired) electrons. The number of hydrogen-bond donors (Lipinski definition) is 2. The maximum Gasteiger partial charge on any atom is 0.306 e. The van der Waals surface area contributed by atoms with Gasteiger partial charge in [-0.3, -0.25) is 9.59 Å². The molecule has 2 unspecified atom stereocenters. The van der Waals surface area contributed by atoms with Gasteiger partial charge < -0.3 is 25.0 Å². The molecule has 0 fully saturated rings. The molecule has 0 saturated heterocycles. The minimum absolute atomic E-state index is 0.00726. The van der Waals surface area contributed by atoms with E-state index >= 15 is 0 Å². The lowest BCUT2D eigenvalue weighted by Gasteiger charge is -2.22. The van der Waals surface area contributed by atoms with Crippen LogP contribution in [0.4, 0.5) is 0 Å². The Morgan fingerprint density at radius 3 is 1.21 bits per heavy atom. The van der Waals surface area contributed by atoms with E-state index in [1.165, 1.54) is 148 Å². The maximum absolute atomic E-state index is 12.8. The van der Waals surface area contributed by atoms with Crippen LogP contribution in [-0.2, 0) is 19.1 Å². The number of thiocarbonyl (C=S) groups is 1. The summed E-state index contributed by atoms with van der Waals surface area (Å²) in [5, 5.41) is 7.00. The van der Waals surface area contributed by atoms with E-state index in [1.54, 1.807) is 0 Å². The Hall–Kier alpha value is -1.41. The van der Waals surface area contributed by atoms with Gasteiger partial charge in [-0.15, -0.1) is 0 Å². The zero-order valence-corrected chi connectivity index (χ0v) is 39.5. The van der Waals surface area contributed by atoms with Crippen LogP contribution in [0.1, 0.15) is 252 Å². The van der Waals surface area contributed by atoms with Gasteiger partial charge in [0.2, 0.25) is 0 Å². The van der Waals surface area contributed by atoms with E-state index in [2.05, 4.69) is 43.2 Å². The lowest BCUT2D eigenvalue weighted by Crippen LogP contribution is -2.35. The Bertz CT molecular complexity index is 891. The molecular formula is C49H97N3O4S. The van der Waals surface area contributed by atoms with Gasteiger partial charge in [-0.05, 0) is 109 Å². The van der Waals surface area contributed by atoms with E-state index in [9.17, 15) is 9.59 Å². The third kappa shape index (κ3) is 39.8. The van der Waals surface area contributed by atoms with Gasteiger partial charge in [0, 0.05) is 26.4 Å². The quantitative estimate of drug-likeness (QED) is 0.0357. The molecule has 0 amide bonds. The fourth-order valence-electron chi connectivity index (χ4n) is 7.81. The fourth-order valence-corrected chi connectivity index (χ4v) is 7.92. The van der Waals surface area contributed by atoms with Crippen molar-refractivity contribution in [3.05, 3.63) is 0 Å². The van der Waals surface area contributed by atoms with Crippen molar-refractivity contribution in [3.8, 4) is 0 Å². The van der Waals surface area contributed by atoms with Crippen LogP contribution >= 0.6 is 12.2 Å². The van der Waals surface area contributed by atoms with Crippen LogP contribution < -0.4 is 10.6 Å². The molecule has 0 bridgehead atoms. The zero-order valence-electron chi connectivity index (χ0n) is 38.7. The van der Waals surface area contributed by atoms with Crippen molar-refractivity contribution in [2.75, 3.05) is 33.2 Å². The Labute approximate surface area is 360 Å². The third-order valence-electron chi connectivity index (χ3n) is 11.5. The van der Waals surface area contributed by atoms with Gasteiger partial charge in [-0.1, -0.05) is 163 Å². The van der Waals surface area contributed by atoms with Gasteiger partial charge in [0.15, 0.2) is 5.11 Å². The van der Waals surface area contributed by atoms with Crippen molar-refractivity contribution in [1.29, 1.82) is 0 Å². The Balaban J connectivity index is 4.41. The molecule has 0 aromatic rings. The molecule has 338 valence electrons. The van der Waals surface area contributed by atoms with Crippen molar-refractivity contribution in [1.82, 2.24) is 15.5 Å². The summed E-state index contributed by atoms with van der Waals surface area (Å²) in [5.74, 6) is 0.0317. The van der Waals surface area contributed by atoms with Gasteiger partial charge in [-0.2, -0.15) is 0 Å². The first kappa shape index (κ1) is 55.6. The van der Waals surface area contributed by atoms with Gasteiger partial charge in [-0.25, -0.2) is 0 Å². The molecule has 0 spiro atoms. The van der Waals surface area contributed by atoms with E-state index in [0.29, 0.717) is 18.0 Å². The van der Waals surface area contributed by atoms with Crippen molar-refractivity contribution in [2.45, 2.75) is 265 Å². The monoisotopic (exact) mass is 824 g/mol. The van der Waals surface area contributed by atoms with Crippen LogP contribution in [0.3, 0.4) is 0 Å². The average molecular weight is 824 g/mol. The lowest BCUT2D eigenvalue weighted by molar-refractivity contribution is -0.151. The van der Waals surface area contributed by atoms with Gasteiger partial charge in [0.25, 0.3) is 0 Å². The predicted molar refractivity (Wildman–Crippen MR) is 250 cm³/mol. The van der Waals surface area contributed by atoms with E-state index < -0.39 is 0 Å². The summed E-state index contributed by atoms with van der Waals surface area (Å²) < 4.78 is 12.0. The second kappa shape index (κ2) is 44.2. The van der Waals surface area contributed by atoms with Gasteiger partial charge in [0.05, 0.1) is 0 Å². The Morgan fingerprint density at radius 2 is 0.807 bits per heavy atom. The van der Waals surface area contributed by atoms with E-state index in [0.717, 1.165) is 90.4 Å². The van der Waals surface area contributed by atoms with Crippen LogP contribution in [0.15, 0.2) is 0 Å². The highest BCUT2D eigenvalue weighted by atomic mass is 32.1.